The molecule has 0 amide bonds. The van der Waals surface area contributed by atoms with Gasteiger partial charge in [-0.3, -0.25) is 0 Å². The molecule has 1 heteroatoms. The van der Waals surface area contributed by atoms with Crippen LogP contribution in [-0.2, 0) is 6.42 Å². The van der Waals surface area contributed by atoms with E-state index in [2.05, 4.69) is 19.9 Å². The first-order valence-corrected chi connectivity index (χ1v) is 4.00. The SMILES string of the molecule is C/C=C/c1oc(CC)cc1C. The standard InChI is InChI=1S/C10H14O/c1-4-6-10-8(3)7-9(5-2)11-10/h4,6-7H,5H2,1-3H3/b6-4+. The molecule has 0 unspecified atom stereocenters. The van der Waals surface area contributed by atoms with Crippen molar-refractivity contribution in [2.75, 3.05) is 0 Å². The average Bonchev–Trinajstić information content (AvgIpc) is 2.33. The summed E-state index contributed by atoms with van der Waals surface area (Å²) in [5, 5.41) is 0. The second-order valence-corrected chi connectivity index (χ2v) is 2.61. The van der Waals surface area contributed by atoms with E-state index in [0.29, 0.717) is 0 Å². The summed E-state index contributed by atoms with van der Waals surface area (Å²) in [6.45, 7) is 6.16. The summed E-state index contributed by atoms with van der Waals surface area (Å²) >= 11 is 0. The molecule has 0 saturated heterocycles. The fourth-order valence-corrected chi connectivity index (χ4v) is 1.05. The van der Waals surface area contributed by atoms with E-state index in [4.69, 9.17) is 4.42 Å². The van der Waals surface area contributed by atoms with E-state index in [0.717, 1.165) is 17.9 Å². The third-order valence-corrected chi connectivity index (χ3v) is 1.67. The smallest absolute Gasteiger partial charge is 0.129 e. The van der Waals surface area contributed by atoms with Gasteiger partial charge in [0.2, 0.25) is 0 Å². The van der Waals surface area contributed by atoms with Crippen LogP contribution in [0.2, 0.25) is 0 Å². The van der Waals surface area contributed by atoms with Gasteiger partial charge in [0.1, 0.15) is 11.5 Å². The lowest BCUT2D eigenvalue weighted by Gasteiger charge is -1.86. The first-order valence-electron chi connectivity index (χ1n) is 4.00. The van der Waals surface area contributed by atoms with E-state index in [1.165, 1.54) is 5.56 Å². The van der Waals surface area contributed by atoms with Crippen molar-refractivity contribution >= 4 is 6.08 Å². The van der Waals surface area contributed by atoms with Crippen molar-refractivity contribution in [2.24, 2.45) is 0 Å². The molecule has 1 rings (SSSR count). The minimum atomic E-state index is 0.971. The average molecular weight is 150 g/mol. The van der Waals surface area contributed by atoms with Crippen LogP contribution in [0.5, 0.6) is 0 Å². The normalized spacial score (nSPS) is 11.2. The summed E-state index contributed by atoms with van der Waals surface area (Å²) in [7, 11) is 0. The van der Waals surface area contributed by atoms with Crippen molar-refractivity contribution in [2.45, 2.75) is 27.2 Å². The van der Waals surface area contributed by atoms with Gasteiger partial charge < -0.3 is 4.42 Å². The number of rotatable bonds is 2. The molecule has 1 nitrogen and oxygen atoms in total. The van der Waals surface area contributed by atoms with Gasteiger partial charge in [0.25, 0.3) is 0 Å². The zero-order valence-corrected chi connectivity index (χ0v) is 7.35. The Kier molecular flexibility index (Phi) is 2.53. The summed E-state index contributed by atoms with van der Waals surface area (Å²) in [6.07, 6.45) is 4.96. The molecule has 0 N–H and O–H groups in total. The highest BCUT2D eigenvalue weighted by Crippen LogP contribution is 2.16. The quantitative estimate of drug-likeness (QED) is 0.631. The van der Waals surface area contributed by atoms with Gasteiger partial charge in [0, 0.05) is 6.42 Å². The van der Waals surface area contributed by atoms with Gasteiger partial charge in [-0.15, -0.1) is 0 Å². The molecule has 0 aliphatic rings. The lowest BCUT2D eigenvalue weighted by molar-refractivity contribution is 0.506. The highest BCUT2D eigenvalue weighted by atomic mass is 16.3. The van der Waals surface area contributed by atoms with Gasteiger partial charge >= 0.3 is 0 Å². The molecule has 11 heavy (non-hydrogen) atoms. The largest absolute Gasteiger partial charge is 0.461 e. The summed E-state index contributed by atoms with van der Waals surface area (Å²) in [5.74, 6) is 2.06. The minimum absolute atomic E-state index is 0.971. The van der Waals surface area contributed by atoms with E-state index in [1.54, 1.807) is 0 Å². The molecule has 1 heterocycles. The summed E-state index contributed by atoms with van der Waals surface area (Å²) in [5.41, 5.74) is 1.22. The van der Waals surface area contributed by atoms with Gasteiger partial charge in [-0.2, -0.15) is 0 Å². The molecule has 0 atom stereocenters. The Hall–Kier alpha value is -0.980. The molecule has 0 aromatic carbocycles. The molecule has 0 radical (unpaired) electrons. The predicted molar refractivity (Wildman–Crippen MR) is 47.5 cm³/mol. The van der Waals surface area contributed by atoms with Gasteiger partial charge in [-0.25, -0.2) is 0 Å². The maximum Gasteiger partial charge on any atom is 0.129 e. The van der Waals surface area contributed by atoms with Crippen molar-refractivity contribution in [3.63, 3.8) is 0 Å². The number of allylic oxidation sites excluding steroid dienone is 1. The first kappa shape index (κ1) is 8.12. The molecule has 0 aliphatic carbocycles. The third kappa shape index (κ3) is 1.73. The van der Waals surface area contributed by atoms with Crippen LogP contribution in [0.25, 0.3) is 6.08 Å². The Bertz CT molecular complexity index is 256. The highest BCUT2D eigenvalue weighted by Gasteiger charge is 2.01. The molecule has 0 saturated carbocycles. The monoisotopic (exact) mass is 150 g/mol. The molecule has 0 spiro atoms. The van der Waals surface area contributed by atoms with Gasteiger partial charge in [0.15, 0.2) is 0 Å². The lowest BCUT2D eigenvalue weighted by atomic mass is 10.2. The highest BCUT2D eigenvalue weighted by molar-refractivity contribution is 5.47. The van der Waals surface area contributed by atoms with Gasteiger partial charge in [-0.1, -0.05) is 13.0 Å². The Morgan fingerprint density at radius 1 is 1.55 bits per heavy atom. The van der Waals surface area contributed by atoms with Crippen molar-refractivity contribution < 1.29 is 4.42 Å². The predicted octanol–water partition coefficient (Wildman–Crippen LogP) is 3.18. The molecule has 0 fully saturated rings. The van der Waals surface area contributed by atoms with E-state index in [1.807, 2.05) is 19.1 Å². The molecule has 0 aliphatic heterocycles. The van der Waals surface area contributed by atoms with Crippen LogP contribution < -0.4 is 0 Å². The van der Waals surface area contributed by atoms with Crippen LogP contribution in [0.3, 0.4) is 0 Å². The fraction of sp³-hybridized carbons (Fsp3) is 0.400. The Labute approximate surface area is 67.7 Å². The molecular weight excluding hydrogens is 136 g/mol. The second-order valence-electron chi connectivity index (χ2n) is 2.61. The van der Waals surface area contributed by atoms with E-state index >= 15 is 0 Å². The summed E-state index contributed by atoms with van der Waals surface area (Å²) < 4.78 is 5.52. The summed E-state index contributed by atoms with van der Waals surface area (Å²) in [4.78, 5) is 0. The molecule has 0 bridgehead atoms. The molecule has 60 valence electrons. The van der Waals surface area contributed by atoms with Crippen LogP contribution in [0, 0.1) is 6.92 Å². The van der Waals surface area contributed by atoms with Crippen LogP contribution >= 0.6 is 0 Å². The number of hydrogen-bond acceptors (Lipinski definition) is 1. The van der Waals surface area contributed by atoms with E-state index in [9.17, 15) is 0 Å². The first-order chi connectivity index (χ1) is 5.27. The van der Waals surface area contributed by atoms with Crippen LogP contribution in [0.4, 0.5) is 0 Å². The van der Waals surface area contributed by atoms with E-state index in [-0.39, 0.29) is 0 Å². The zero-order valence-electron chi connectivity index (χ0n) is 7.35. The number of furan rings is 1. The molecule has 1 aromatic rings. The van der Waals surface area contributed by atoms with Gasteiger partial charge in [-0.05, 0) is 31.6 Å². The van der Waals surface area contributed by atoms with Crippen molar-refractivity contribution in [3.8, 4) is 0 Å². The number of hydrogen-bond donors (Lipinski definition) is 0. The Morgan fingerprint density at radius 2 is 2.27 bits per heavy atom. The summed E-state index contributed by atoms with van der Waals surface area (Å²) in [6, 6.07) is 2.09. The number of aryl methyl sites for hydroxylation is 2. The molecular formula is C10H14O. The fourth-order valence-electron chi connectivity index (χ4n) is 1.05. The molecule has 1 aromatic heterocycles. The zero-order chi connectivity index (χ0) is 8.27. The van der Waals surface area contributed by atoms with Gasteiger partial charge in [0.05, 0.1) is 0 Å². The van der Waals surface area contributed by atoms with Crippen LogP contribution in [-0.4, -0.2) is 0 Å². The maximum absolute atomic E-state index is 5.52. The van der Waals surface area contributed by atoms with E-state index < -0.39 is 0 Å². The second kappa shape index (κ2) is 3.42. The van der Waals surface area contributed by atoms with Crippen molar-refractivity contribution in [1.29, 1.82) is 0 Å². The van der Waals surface area contributed by atoms with Crippen molar-refractivity contribution in [3.05, 3.63) is 29.2 Å². The topological polar surface area (TPSA) is 13.1 Å². The van der Waals surface area contributed by atoms with Crippen LogP contribution in [0.15, 0.2) is 16.6 Å². The maximum atomic E-state index is 5.52. The van der Waals surface area contributed by atoms with Crippen molar-refractivity contribution in [1.82, 2.24) is 0 Å². The Balaban J connectivity index is 2.97. The lowest BCUT2D eigenvalue weighted by Crippen LogP contribution is -1.68. The minimum Gasteiger partial charge on any atom is -0.461 e. The Morgan fingerprint density at radius 3 is 2.73 bits per heavy atom. The third-order valence-electron chi connectivity index (χ3n) is 1.67. The van der Waals surface area contributed by atoms with Crippen LogP contribution in [0.1, 0.15) is 30.9 Å².